The smallest absolute Gasteiger partial charge is 0.155 e. The Morgan fingerprint density at radius 1 is 1.53 bits per heavy atom. The molecule has 1 aliphatic heterocycles. The van der Waals surface area contributed by atoms with E-state index in [0.29, 0.717) is 13.2 Å². The fourth-order valence-electron chi connectivity index (χ4n) is 1.89. The zero-order valence-corrected chi connectivity index (χ0v) is 12.6. The number of nitrogens with zero attached hydrogens (tertiary/aromatic N) is 2. The summed E-state index contributed by atoms with van der Waals surface area (Å²) in [7, 11) is 1.81. The fourth-order valence-corrected chi connectivity index (χ4v) is 3.70. The molecule has 0 saturated heterocycles. The minimum absolute atomic E-state index is 0.543. The quantitative estimate of drug-likeness (QED) is 0.852. The van der Waals surface area contributed by atoms with Gasteiger partial charge in [-0.25, -0.2) is 0 Å². The van der Waals surface area contributed by atoms with Crippen molar-refractivity contribution in [3.05, 3.63) is 14.9 Å². The second-order valence-corrected chi connectivity index (χ2v) is 5.74. The van der Waals surface area contributed by atoms with E-state index in [1.807, 2.05) is 7.05 Å². The lowest BCUT2D eigenvalue weighted by molar-refractivity contribution is 0.159. The van der Waals surface area contributed by atoms with E-state index < -0.39 is 0 Å². The standard InChI is InChI=1S/C11H16BrN3OS/c1-4-15-9(14-13-3)6-16-5-8-10(12)7(2)17-11(8)15/h13H,4-6H2,1-3H3/b14-9-. The van der Waals surface area contributed by atoms with Crippen LogP contribution >= 0.6 is 27.3 Å². The Bertz CT molecular complexity index is 444. The first-order valence-corrected chi connectivity index (χ1v) is 7.16. The molecule has 0 fully saturated rings. The Morgan fingerprint density at radius 3 is 2.94 bits per heavy atom. The molecule has 17 heavy (non-hydrogen) atoms. The van der Waals surface area contributed by atoms with Crippen LogP contribution in [-0.4, -0.2) is 26.0 Å². The summed E-state index contributed by atoms with van der Waals surface area (Å²) in [5.41, 5.74) is 4.07. The van der Waals surface area contributed by atoms with E-state index in [4.69, 9.17) is 4.74 Å². The Kier molecular flexibility index (Phi) is 4.06. The summed E-state index contributed by atoms with van der Waals surface area (Å²) in [4.78, 5) is 3.49. The van der Waals surface area contributed by atoms with Crippen LogP contribution in [0.15, 0.2) is 9.57 Å². The van der Waals surface area contributed by atoms with E-state index in [1.165, 1.54) is 19.9 Å². The number of hydrazone groups is 1. The van der Waals surface area contributed by atoms with Crippen LogP contribution < -0.4 is 10.3 Å². The Labute approximate surface area is 114 Å². The van der Waals surface area contributed by atoms with Crippen LogP contribution in [0.4, 0.5) is 5.00 Å². The van der Waals surface area contributed by atoms with E-state index >= 15 is 0 Å². The number of fused-ring (bicyclic) bond motifs is 1. The van der Waals surface area contributed by atoms with Crippen molar-refractivity contribution >= 4 is 38.1 Å². The number of nitrogens with one attached hydrogen (secondary N) is 1. The van der Waals surface area contributed by atoms with Crippen LogP contribution in [0.5, 0.6) is 0 Å². The molecule has 6 heteroatoms. The molecule has 1 aliphatic rings. The largest absolute Gasteiger partial charge is 0.369 e. The molecule has 0 spiro atoms. The Morgan fingerprint density at radius 2 is 2.29 bits per heavy atom. The highest BCUT2D eigenvalue weighted by Gasteiger charge is 2.25. The number of hydrogen-bond donors (Lipinski definition) is 1. The first-order valence-electron chi connectivity index (χ1n) is 5.55. The van der Waals surface area contributed by atoms with E-state index in [1.54, 1.807) is 11.3 Å². The monoisotopic (exact) mass is 317 g/mol. The number of hydrogen-bond acceptors (Lipinski definition) is 4. The molecule has 2 rings (SSSR count). The molecule has 0 aromatic carbocycles. The third-order valence-corrected chi connectivity index (χ3v) is 5.18. The number of aryl methyl sites for hydroxylation is 1. The highest BCUT2D eigenvalue weighted by Crippen LogP contribution is 2.40. The maximum absolute atomic E-state index is 5.68. The molecule has 2 heterocycles. The molecule has 0 radical (unpaired) electrons. The van der Waals surface area contributed by atoms with Crippen molar-refractivity contribution in [3.8, 4) is 0 Å². The summed E-state index contributed by atoms with van der Waals surface area (Å²) in [6.07, 6.45) is 0. The SMILES string of the molecule is CCN1/C(=N\NC)COCc2c1sc(C)c2Br. The van der Waals surface area contributed by atoms with E-state index in [2.05, 4.69) is 45.2 Å². The van der Waals surface area contributed by atoms with Gasteiger partial charge in [-0.15, -0.1) is 11.3 Å². The summed E-state index contributed by atoms with van der Waals surface area (Å²) >= 11 is 5.42. The first-order chi connectivity index (χ1) is 8.19. The van der Waals surface area contributed by atoms with Crippen LogP contribution in [0.3, 0.4) is 0 Å². The van der Waals surface area contributed by atoms with Crippen molar-refractivity contribution in [1.29, 1.82) is 0 Å². The van der Waals surface area contributed by atoms with Gasteiger partial charge in [0.15, 0.2) is 5.84 Å². The van der Waals surface area contributed by atoms with Gasteiger partial charge in [0.25, 0.3) is 0 Å². The normalized spacial score (nSPS) is 18.1. The molecular formula is C11H16BrN3OS. The third-order valence-electron chi connectivity index (χ3n) is 2.67. The number of halogens is 1. The highest BCUT2D eigenvalue weighted by atomic mass is 79.9. The van der Waals surface area contributed by atoms with Crippen LogP contribution in [0.25, 0.3) is 0 Å². The lowest BCUT2D eigenvalue weighted by Crippen LogP contribution is -2.33. The summed E-state index contributed by atoms with van der Waals surface area (Å²) in [6.45, 7) is 6.32. The summed E-state index contributed by atoms with van der Waals surface area (Å²) in [5, 5.41) is 5.53. The predicted molar refractivity (Wildman–Crippen MR) is 75.9 cm³/mol. The lowest BCUT2D eigenvalue weighted by Gasteiger charge is -2.21. The second kappa shape index (κ2) is 5.37. The molecule has 0 saturated carbocycles. The minimum Gasteiger partial charge on any atom is -0.369 e. The van der Waals surface area contributed by atoms with Crippen LogP contribution in [-0.2, 0) is 11.3 Å². The van der Waals surface area contributed by atoms with Gasteiger partial charge in [0.05, 0.1) is 6.61 Å². The topological polar surface area (TPSA) is 36.9 Å². The molecule has 0 amide bonds. The molecule has 0 unspecified atom stereocenters. The third kappa shape index (κ3) is 2.34. The number of ether oxygens (including phenoxy) is 1. The number of likely N-dealkylation sites (N-methyl/N-ethyl adjacent to an activating group) is 1. The summed E-state index contributed by atoms with van der Waals surface area (Å²) in [6, 6.07) is 0. The van der Waals surface area contributed by atoms with Gasteiger partial charge in [-0.2, -0.15) is 5.10 Å². The predicted octanol–water partition coefficient (Wildman–Crippen LogP) is 2.71. The van der Waals surface area contributed by atoms with Crippen molar-refractivity contribution in [1.82, 2.24) is 5.43 Å². The van der Waals surface area contributed by atoms with Crippen molar-refractivity contribution in [2.24, 2.45) is 5.10 Å². The van der Waals surface area contributed by atoms with E-state index in [-0.39, 0.29) is 0 Å². The number of amidine groups is 1. The average molecular weight is 318 g/mol. The van der Waals surface area contributed by atoms with Crippen molar-refractivity contribution in [3.63, 3.8) is 0 Å². The maximum Gasteiger partial charge on any atom is 0.155 e. The molecule has 0 aliphatic carbocycles. The van der Waals surface area contributed by atoms with Crippen molar-refractivity contribution < 1.29 is 4.74 Å². The van der Waals surface area contributed by atoms with Gasteiger partial charge in [0.2, 0.25) is 0 Å². The molecule has 1 aromatic rings. The first kappa shape index (κ1) is 12.9. The average Bonchev–Trinajstić information content (AvgIpc) is 2.50. The molecule has 1 N–H and O–H groups in total. The van der Waals surface area contributed by atoms with Gasteiger partial charge >= 0.3 is 0 Å². The highest BCUT2D eigenvalue weighted by molar-refractivity contribution is 9.10. The Hall–Kier alpha value is -0.590. The molecule has 4 nitrogen and oxygen atoms in total. The van der Waals surface area contributed by atoms with Gasteiger partial charge in [-0.05, 0) is 29.8 Å². The Balaban J connectivity index is 2.48. The van der Waals surface area contributed by atoms with Gasteiger partial charge < -0.3 is 15.1 Å². The van der Waals surface area contributed by atoms with Crippen molar-refractivity contribution in [2.45, 2.75) is 20.5 Å². The molecule has 0 bridgehead atoms. The van der Waals surface area contributed by atoms with Gasteiger partial charge in [0, 0.05) is 28.5 Å². The van der Waals surface area contributed by atoms with Crippen LogP contribution in [0.1, 0.15) is 17.4 Å². The lowest BCUT2D eigenvalue weighted by atomic mass is 10.3. The van der Waals surface area contributed by atoms with Crippen LogP contribution in [0, 0.1) is 6.92 Å². The zero-order valence-electron chi connectivity index (χ0n) is 10.2. The molecule has 1 aromatic heterocycles. The molecule has 94 valence electrons. The minimum atomic E-state index is 0.543. The zero-order chi connectivity index (χ0) is 12.4. The van der Waals surface area contributed by atoms with Gasteiger partial charge in [0.1, 0.15) is 11.6 Å². The van der Waals surface area contributed by atoms with Crippen LogP contribution in [0.2, 0.25) is 0 Å². The van der Waals surface area contributed by atoms with Gasteiger partial charge in [-0.1, -0.05) is 0 Å². The van der Waals surface area contributed by atoms with Gasteiger partial charge in [-0.3, -0.25) is 0 Å². The maximum atomic E-state index is 5.68. The van der Waals surface area contributed by atoms with Crippen molar-refractivity contribution in [2.75, 3.05) is 25.1 Å². The van der Waals surface area contributed by atoms with E-state index in [0.717, 1.165) is 12.4 Å². The molecular weight excluding hydrogens is 302 g/mol. The molecule has 0 atom stereocenters. The van der Waals surface area contributed by atoms with E-state index in [9.17, 15) is 0 Å². The number of anilines is 1. The summed E-state index contributed by atoms with van der Waals surface area (Å²) < 4.78 is 6.84. The number of thiophene rings is 1. The number of rotatable bonds is 2. The fraction of sp³-hybridized carbons (Fsp3) is 0.545. The second-order valence-electron chi connectivity index (χ2n) is 3.74. The summed E-state index contributed by atoms with van der Waals surface area (Å²) in [5.74, 6) is 0.933.